The van der Waals surface area contributed by atoms with Gasteiger partial charge in [-0.1, -0.05) is 20.3 Å². The van der Waals surface area contributed by atoms with Crippen LogP contribution in [0.15, 0.2) is 10.8 Å². The summed E-state index contributed by atoms with van der Waals surface area (Å²) in [6.45, 7) is 5.56. The highest BCUT2D eigenvalue weighted by atomic mass is 32.1. The summed E-state index contributed by atoms with van der Waals surface area (Å²) in [4.78, 5) is 0. The zero-order valence-electron chi connectivity index (χ0n) is 10.5. The molecular formula is C13H20O3S. The second-order valence-corrected chi connectivity index (χ2v) is 5.05. The molecule has 2 rings (SSSR count). The van der Waals surface area contributed by atoms with Crippen LogP contribution < -0.4 is 9.47 Å². The van der Waals surface area contributed by atoms with Crippen molar-refractivity contribution in [1.29, 1.82) is 0 Å². The monoisotopic (exact) mass is 256 g/mol. The third kappa shape index (κ3) is 3.36. The molecule has 0 bridgehead atoms. The molecule has 17 heavy (non-hydrogen) atoms. The summed E-state index contributed by atoms with van der Waals surface area (Å²) in [7, 11) is 0. The average Bonchev–Trinajstić information content (AvgIpc) is 2.81. The van der Waals surface area contributed by atoms with E-state index in [2.05, 4.69) is 13.8 Å². The standard InChI is InChI=1S/C13H20O3S/c1-3-5-10(4-2)14-6-11-7-15-12-8-17-9-13(12)16-11/h8-11H,3-7H2,1-2H3. The molecule has 0 aromatic carbocycles. The van der Waals surface area contributed by atoms with E-state index < -0.39 is 0 Å². The quantitative estimate of drug-likeness (QED) is 0.780. The molecule has 0 radical (unpaired) electrons. The molecule has 0 amide bonds. The van der Waals surface area contributed by atoms with Gasteiger partial charge in [-0.05, 0) is 12.8 Å². The summed E-state index contributed by atoms with van der Waals surface area (Å²) in [5.74, 6) is 1.73. The molecule has 0 aliphatic carbocycles. The van der Waals surface area contributed by atoms with Crippen molar-refractivity contribution in [2.45, 2.75) is 45.3 Å². The number of rotatable bonds is 6. The SMILES string of the molecule is CCCC(CC)OCC1COc2cscc2O1. The molecule has 2 unspecified atom stereocenters. The van der Waals surface area contributed by atoms with E-state index in [0.29, 0.717) is 19.3 Å². The maximum atomic E-state index is 5.86. The lowest BCUT2D eigenvalue weighted by molar-refractivity contribution is -0.0288. The maximum Gasteiger partial charge on any atom is 0.172 e. The zero-order chi connectivity index (χ0) is 12.1. The van der Waals surface area contributed by atoms with E-state index in [1.165, 1.54) is 0 Å². The van der Waals surface area contributed by atoms with E-state index >= 15 is 0 Å². The van der Waals surface area contributed by atoms with Crippen LogP contribution in [0.1, 0.15) is 33.1 Å². The predicted octanol–water partition coefficient (Wildman–Crippen LogP) is 3.48. The third-order valence-electron chi connectivity index (χ3n) is 2.90. The highest BCUT2D eigenvalue weighted by Crippen LogP contribution is 2.35. The smallest absolute Gasteiger partial charge is 0.172 e. The number of fused-ring (bicyclic) bond motifs is 1. The first-order chi connectivity index (χ1) is 8.33. The number of hydrogen-bond donors (Lipinski definition) is 0. The van der Waals surface area contributed by atoms with Gasteiger partial charge in [-0.3, -0.25) is 0 Å². The molecule has 2 heterocycles. The first kappa shape index (κ1) is 12.7. The lowest BCUT2D eigenvalue weighted by Crippen LogP contribution is -2.34. The van der Waals surface area contributed by atoms with Crippen molar-refractivity contribution in [2.24, 2.45) is 0 Å². The summed E-state index contributed by atoms with van der Waals surface area (Å²) >= 11 is 1.60. The van der Waals surface area contributed by atoms with Gasteiger partial charge in [0.15, 0.2) is 17.6 Å². The van der Waals surface area contributed by atoms with E-state index in [1.807, 2.05) is 10.8 Å². The van der Waals surface area contributed by atoms with Gasteiger partial charge in [-0.2, -0.15) is 0 Å². The van der Waals surface area contributed by atoms with Gasteiger partial charge in [-0.15, -0.1) is 11.3 Å². The Labute approximate surface area is 107 Å². The minimum Gasteiger partial charge on any atom is -0.485 e. The molecule has 0 saturated heterocycles. The first-order valence-corrected chi connectivity index (χ1v) is 7.25. The largest absolute Gasteiger partial charge is 0.485 e. The highest BCUT2D eigenvalue weighted by molar-refractivity contribution is 7.08. The van der Waals surface area contributed by atoms with Crippen LogP contribution in [0.4, 0.5) is 0 Å². The molecule has 2 atom stereocenters. The Morgan fingerprint density at radius 3 is 3.00 bits per heavy atom. The van der Waals surface area contributed by atoms with Gasteiger partial charge >= 0.3 is 0 Å². The third-order valence-corrected chi connectivity index (χ3v) is 3.60. The molecule has 96 valence electrons. The van der Waals surface area contributed by atoms with E-state index in [0.717, 1.165) is 30.8 Å². The van der Waals surface area contributed by atoms with Crippen LogP contribution in [0, 0.1) is 0 Å². The molecule has 1 aliphatic heterocycles. The molecule has 3 nitrogen and oxygen atoms in total. The Hall–Kier alpha value is -0.740. The summed E-state index contributed by atoms with van der Waals surface area (Å²) in [6, 6.07) is 0. The van der Waals surface area contributed by atoms with Crippen LogP contribution in [0.25, 0.3) is 0 Å². The molecule has 0 N–H and O–H groups in total. The van der Waals surface area contributed by atoms with Crippen LogP contribution in [-0.2, 0) is 4.74 Å². The van der Waals surface area contributed by atoms with Crippen LogP contribution >= 0.6 is 11.3 Å². The highest BCUT2D eigenvalue weighted by Gasteiger charge is 2.22. The van der Waals surface area contributed by atoms with E-state index in [9.17, 15) is 0 Å². The Morgan fingerprint density at radius 1 is 1.41 bits per heavy atom. The lowest BCUT2D eigenvalue weighted by atomic mass is 10.1. The molecule has 0 saturated carbocycles. The van der Waals surface area contributed by atoms with Gasteiger partial charge < -0.3 is 14.2 Å². The summed E-state index contributed by atoms with van der Waals surface area (Å²) in [5.41, 5.74) is 0. The van der Waals surface area contributed by atoms with E-state index in [-0.39, 0.29) is 6.10 Å². The van der Waals surface area contributed by atoms with Crippen LogP contribution in [0.3, 0.4) is 0 Å². The van der Waals surface area contributed by atoms with Crippen molar-refractivity contribution in [3.63, 3.8) is 0 Å². The van der Waals surface area contributed by atoms with E-state index in [4.69, 9.17) is 14.2 Å². The van der Waals surface area contributed by atoms with Gasteiger partial charge in [-0.25, -0.2) is 0 Å². The normalized spacial score (nSPS) is 20.2. The topological polar surface area (TPSA) is 27.7 Å². The molecule has 1 aliphatic rings. The Bertz CT molecular complexity index is 337. The molecule has 0 spiro atoms. The average molecular weight is 256 g/mol. The maximum absolute atomic E-state index is 5.86. The lowest BCUT2D eigenvalue weighted by Gasteiger charge is -2.26. The van der Waals surface area contributed by atoms with Gasteiger partial charge in [0.2, 0.25) is 0 Å². The predicted molar refractivity (Wildman–Crippen MR) is 69.2 cm³/mol. The van der Waals surface area contributed by atoms with Crippen LogP contribution in [0.5, 0.6) is 11.5 Å². The molecular weight excluding hydrogens is 236 g/mol. The minimum atomic E-state index is 0.0306. The molecule has 4 heteroatoms. The van der Waals surface area contributed by atoms with Gasteiger partial charge in [0, 0.05) is 10.8 Å². The molecule has 1 aromatic heterocycles. The second-order valence-electron chi connectivity index (χ2n) is 4.30. The fourth-order valence-corrected chi connectivity index (χ4v) is 2.59. The first-order valence-electron chi connectivity index (χ1n) is 6.30. The van der Waals surface area contributed by atoms with Crippen LogP contribution in [-0.4, -0.2) is 25.4 Å². The van der Waals surface area contributed by atoms with Crippen LogP contribution in [0.2, 0.25) is 0 Å². The molecule has 1 aromatic rings. The number of ether oxygens (including phenoxy) is 3. The van der Waals surface area contributed by atoms with Crippen molar-refractivity contribution in [3.05, 3.63) is 10.8 Å². The van der Waals surface area contributed by atoms with Gasteiger partial charge in [0.05, 0.1) is 12.7 Å². The summed E-state index contributed by atoms with van der Waals surface area (Å²) in [5, 5.41) is 3.95. The van der Waals surface area contributed by atoms with E-state index in [1.54, 1.807) is 11.3 Å². The van der Waals surface area contributed by atoms with Crippen molar-refractivity contribution >= 4 is 11.3 Å². The Morgan fingerprint density at radius 2 is 2.24 bits per heavy atom. The summed E-state index contributed by atoms with van der Waals surface area (Å²) in [6.07, 6.45) is 3.73. The fourth-order valence-electron chi connectivity index (χ4n) is 1.91. The van der Waals surface area contributed by atoms with Crippen molar-refractivity contribution in [3.8, 4) is 11.5 Å². The van der Waals surface area contributed by atoms with Crippen molar-refractivity contribution < 1.29 is 14.2 Å². The zero-order valence-corrected chi connectivity index (χ0v) is 11.3. The fraction of sp³-hybridized carbons (Fsp3) is 0.692. The summed E-state index contributed by atoms with van der Waals surface area (Å²) < 4.78 is 17.3. The van der Waals surface area contributed by atoms with Gasteiger partial charge in [0.25, 0.3) is 0 Å². The Kier molecular flexibility index (Phi) is 4.68. The number of hydrogen-bond acceptors (Lipinski definition) is 4. The number of thiophene rings is 1. The van der Waals surface area contributed by atoms with Gasteiger partial charge in [0.1, 0.15) is 6.61 Å². The minimum absolute atomic E-state index is 0.0306. The van der Waals surface area contributed by atoms with Crippen molar-refractivity contribution in [1.82, 2.24) is 0 Å². The Balaban J connectivity index is 1.78. The molecule has 0 fully saturated rings. The second kappa shape index (κ2) is 6.26. The van der Waals surface area contributed by atoms with Crippen molar-refractivity contribution in [2.75, 3.05) is 13.2 Å².